The van der Waals surface area contributed by atoms with E-state index < -0.39 is 12.0 Å². The first-order valence-electron chi connectivity index (χ1n) is 13.7. The third kappa shape index (κ3) is 8.40. The Bertz CT molecular complexity index is 1540. The number of likely N-dealkylation sites (N-methyl/N-ethyl adjacent to an activating group) is 1. The van der Waals surface area contributed by atoms with Crippen LogP contribution in [0.3, 0.4) is 0 Å². The van der Waals surface area contributed by atoms with Crippen LogP contribution >= 0.6 is 11.6 Å². The van der Waals surface area contributed by atoms with Crippen molar-refractivity contribution >= 4 is 28.4 Å². The van der Waals surface area contributed by atoms with Gasteiger partial charge in [0.25, 0.3) is 5.91 Å². The SMILES string of the molecule is COCCOCCn1cc(C(=O)NCc2ccc(Cl)cc2)c(=O)c2cc(CN(C)CC(O)c3ccc(O)cc3)ccc21. The lowest BCUT2D eigenvalue weighted by atomic mass is 10.1. The van der Waals surface area contributed by atoms with E-state index in [1.807, 2.05) is 40.8 Å². The van der Waals surface area contributed by atoms with Crippen molar-refractivity contribution in [3.05, 3.63) is 110 Å². The van der Waals surface area contributed by atoms with Gasteiger partial charge in [0, 0.05) is 49.9 Å². The number of phenols is 1. The van der Waals surface area contributed by atoms with Crippen LogP contribution in [0.4, 0.5) is 0 Å². The predicted octanol–water partition coefficient (Wildman–Crippen LogP) is 4.12. The van der Waals surface area contributed by atoms with Gasteiger partial charge < -0.3 is 29.6 Å². The molecule has 9 nitrogen and oxygen atoms in total. The molecule has 1 unspecified atom stereocenters. The van der Waals surface area contributed by atoms with E-state index in [0.29, 0.717) is 60.9 Å². The minimum atomic E-state index is -0.748. The van der Waals surface area contributed by atoms with Crippen LogP contribution < -0.4 is 10.7 Å². The van der Waals surface area contributed by atoms with Gasteiger partial charge in [-0.2, -0.15) is 0 Å². The molecular formula is C32H36ClN3O6. The summed E-state index contributed by atoms with van der Waals surface area (Å²) < 4.78 is 12.5. The number of methoxy groups -OCH3 is 1. The minimum Gasteiger partial charge on any atom is -0.508 e. The van der Waals surface area contributed by atoms with Gasteiger partial charge in [-0.05, 0) is 60.1 Å². The van der Waals surface area contributed by atoms with Crippen molar-refractivity contribution in [3.63, 3.8) is 0 Å². The number of carbonyl (C=O) groups is 1. The molecule has 42 heavy (non-hydrogen) atoms. The summed E-state index contributed by atoms with van der Waals surface area (Å²) in [6, 6.07) is 19.2. The number of amides is 1. The largest absolute Gasteiger partial charge is 0.508 e. The first-order chi connectivity index (χ1) is 20.2. The van der Waals surface area contributed by atoms with Crippen LogP contribution in [0.5, 0.6) is 5.75 Å². The zero-order valence-electron chi connectivity index (χ0n) is 23.8. The third-order valence-corrected chi connectivity index (χ3v) is 7.13. The van der Waals surface area contributed by atoms with Crippen LogP contribution in [-0.2, 0) is 29.1 Å². The zero-order valence-corrected chi connectivity index (χ0v) is 24.5. The molecule has 0 fully saturated rings. The average molecular weight is 594 g/mol. The zero-order chi connectivity index (χ0) is 30.1. The molecule has 1 heterocycles. The molecule has 3 N–H and O–H groups in total. The van der Waals surface area contributed by atoms with E-state index in [-0.39, 0.29) is 23.3 Å². The number of aromatic nitrogens is 1. The van der Waals surface area contributed by atoms with E-state index in [9.17, 15) is 19.8 Å². The molecule has 10 heteroatoms. The van der Waals surface area contributed by atoms with E-state index in [0.717, 1.165) is 11.1 Å². The molecule has 222 valence electrons. The Morgan fingerprint density at radius 3 is 2.45 bits per heavy atom. The number of nitrogens with zero attached hydrogens (tertiary/aromatic N) is 2. The highest BCUT2D eigenvalue weighted by atomic mass is 35.5. The van der Waals surface area contributed by atoms with E-state index in [2.05, 4.69) is 5.32 Å². The monoisotopic (exact) mass is 593 g/mol. The molecule has 4 aromatic rings. The first kappa shape index (κ1) is 31.2. The van der Waals surface area contributed by atoms with Gasteiger partial charge in [0.2, 0.25) is 5.43 Å². The number of halogens is 1. The van der Waals surface area contributed by atoms with E-state index in [1.54, 1.807) is 55.8 Å². The normalized spacial score (nSPS) is 12.1. The smallest absolute Gasteiger partial charge is 0.257 e. The maximum absolute atomic E-state index is 13.6. The van der Waals surface area contributed by atoms with Crippen molar-refractivity contribution in [2.24, 2.45) is 0 Å². The number of aliphatic hydroxyl groups excluding tert-OH is 1. The van der Waals surface area contributed by atoms with Crippen LogP contribution in [-0.4, -0.2) is 66.1 Å². The highest BCUT2D eigenvalue weighted by Gasteiger charge is 2.17. The lowest BCUT2D eigenvalue weighted by Gasteiger charge is -2.21. The number of benzene rings is 3. The van der Waals surface area contributed by atoms with Gasteiger partial charge in [-0.3, -0.25) is 14.5 Å². The molecule has 0 radical (unpaired) electrons. The number of nitrogens with one attached hydrogen (secondary N) is 1. The second-order valence-corrected chi connectivity index (χ2v) is 10.6. The minimum absolute atomic E-state index is 0.0432. The molecule has 4 rings (SSSR count). The van der Waals surface area contributed by atoms with Crippen LogP contribution in [0, 0.1) is 0 Å². The van der Waals surface area contributed by atoms with Gasteiger partial charge in [-0.15, -0.1) is 0 Å². The van der Waals surface area contributed by atoms with Gasteiger partial charge in [0.1, 0.15) is 11.3 Å². The Hall–Kier alpha value is -3.73. The number of carbonyl (C=O) groups excluding carboxylic acids is 1. The van der Waals surface area contributed by atoms with Gasteiger partial charge >= 0.3 is 0 Å². The highest BCUT2D eigenvalue weighted by molar-refractivity contribution is 6.30. The molecule has 1 amide bonds. The Balaban J connectivity index is 1.56. The summed E-state index contributed by atoms with van der Waals surface area (Å²) in [5.41, 5.74) is 2.80. The van der Waals surface area contributed by atoms with Crippen LogP contribution in [0.15, 0.2) is 77.7 Å². The lowest BCUT2D eigenvalue weighted by molar-refractivity contribution is 0.0669. The summed E-state index contributed by atoms with van der Waals surface area (Å²) in [5.74, 6) is -0.328. The topological polar surface area (TPSA) is 113 Å². The molecular weight excluding hydrogens is 558 g/mol. The van der Waals surface area contributed by atoms with E-state index in [4.69, 9.17) is 21.1 Å². The Kier molecular flexibility index (Phi) is 11.1. The molecule has 1 atom stereocenters. The Labute approximate surface area is 249 Å². The molecule has 0 spiro atoms. The summed E-state index contributed by atoms with van der Waals surface area (Å²) in [4.78, 5) is 28.8. The number of hydrogen-bond acceptors (Lipinski definition) is 7. The summed E-state index contributed by atoms with van der Waals surface area (Å²) in [7, 11) is 3.49. The second-order valence-electron chi connectivity index (χ2n) is 10.1. The summed E-state index contributed by atoms with van der Waals surface area (Å²) in [6.45, 7) is 2.80. The Morgan fingerprint density at radius 2 is 1.74 bits per heavy atom. The van der Waals surface area contributed by atoms with Crippen molar-refractivity contribution in [1.29, 1.82) is 0 Å². The maximum atomic E-state index is 13.6. The van der Waals surface area contributed by atoms with Gasteiger partial charge in [-0.25, -0.2) is 0 Å². The number of fused-ring (bicyclic) bond motifs is 1. The molecule has 0 saturated carbocycles. The van der Waals surface area contributed by atoms with Crippen molar-refractivity contribution < 1.29 is 24.5 Å². The number of aliphatic hydroxyl groups is 1. The summed E-state index contributed by atoms with van der Waals surface area (Å²) in [6.07, 6.45) is 0.837. The number of phenolic OH excluding ortho intramolecular Hbond substituents is 1. The number of pyridine rings is 1. The van der Waals surface area contributed by atoms with Crippen LogP contribution in [0.1, 0.15) is 33.2 Å². The number of aromatic hydroxyl groups is 1. The summed E-state index contributed by atoms with van der Waals surface area (Å²) >= 11 is 5.96. The number of hydrogen-bond donors (Lipinski definition) is 3. The van der Waals surface area contributed by atoms with E-state index >= 15 is 0 Å². The fourth-order valence-corrected chi connectivity index (χ4v) is 4.78. The second kappa shape index (κ2) is 14.9. The van der Waals surface area contributed by atoms with Crippen LogP contribution in [0.25, 0.3) is 10.9 Å². The Morgan fingerprint density at radius 1 is 1.02 bits per heavy atom. The van der Waals surface area contributed by atoms with Crippen molar-refractivity contribution in [1.82, 2.24) is 14.8 Å². The predicted molar refractivity (Wildman–Crippen MR) is 163 cm³/mol. The molecule has 0 aliphatic carbocycles. The van der Waals surface area contributed by atoms with Gasteiger partial charge in [0.05, 0.1) is 31.4 Å². The fourth-order valence-electron chi connectivity index (χ4n) is 4.65. The van der Waals surface area contributed by atoms with Crippen molar-refractivity contribution in [2.75, 3.05) is 40.5 Å². The van der Waals surface area contributed by atoms with Gasteiger partial charge in [0.15, 0.2) is 0 Å². The fraction of sp³-hybridized carbons (Fsp3) is 0.312. The van der Waals surface area contributed by atoms with Crippen molar-refractivity contribution in [2.45, 2.75) is 25.7 Å². The molecule has 1 aromatic heterocycles. The van der Waals surface area contributed by atoms with Gasteiger partial charge in [-0.1, -0.05) is 41.9 Å². The lowest BCUT2D eigenvalue weighted by Crippen LogP contribution is -2.30. The van der Waals surface area contributed by atoms with Crippen molar-refractivity contribution in [3.8, 4) is 5.75 Å². The van der Waals surface area contributed by atoms with Crippen LogP contribution in [0.2, 0.25) is 5.02 Å². The van der Waals surface area contributed by atoms with E-state index in [1.165, 1.54) is 0 Å². The molecule has 3 aromatic carbocycles. The average Bonchev–Trinajstić information content (AvgIpc) is 2.98. The molecule has 0 bridgehead atoms. The third-order valence-electron chi connectivity index (χ3n) is 6.88. The highest BCUT2D eigenvalue weighted by Crippen LogP contribution is 2.20. The number of rotatable bonds is 14. The summed E-state index contributed by atoms with van der Waals surface area (Å²) in [5, 5.41) is 24.0. The quantitative estimate of drug-likeness (QED) is 0.189. The molecule has 0 saturated heterocycles. The molecule has 0 aliphatic heterocycles. The molecule has 0 aliphatic rings. The maximum Gasteiger partial charge on any atom is 0.257 e. The standard InChI is InChI=1S/C32H36ClN3O6/c1-35(21-30(38)24-6-10-26(37)11-7-24)19-23-5-12-29-27(17-23)31(39)28(20-36(29)13-14-42-16-15-41-2)32(40)34-18-22-3-8-25(33)9-4-22/h3-12,17,20,30,37-38H,13-16,18-19,21H2,1-2H3,(H,34,40). The number of ether oxygens (including phenoxy) is 2. The first-order valence-corrected chi connectivity index (χ1v) is 14.0.